The highest BCUT2D eigenvalue weighted by molar-refractivity contribution is 6.29. The minimum Gasteiger partial charge on any atom is -0.379 e. The number of aromatic nitrogens is 2. The minimum absolute atomic E-state index is 0.303. The molecule has 0 spiro atoms. The summed E-state index contributed by atoms with van der Waals surface area (Å²) in [6.07, 6.45) is 6.66. The zero-order chi connectivity index (χ0) is 12.6. The van der Waals surface area contributed by atoms with Crippen LogP contribution in [0.15, 0.2) is 12.4 Å². The van der Waals surface area contributed by atoms with Crippen molar-refractivity contribution >= 4 is 17.4 Å². The van der Waals surface area contributed by atoms with Gasteiger partial charge in [-0.2, -0.15) is 0 Å². The van der Waals surface area contributed by atoms with Crippen molar-refractivity contribution in [1.82, 2.24) is 9.97 Å². The Morgan fingerprint density at radius 1 is 1.50 bits per heavy atom. The van der Waals surface area contributed by atoms with E-state index < -0.39 is 0 Å². The summed E-state index contributed by atoms with van der Waals surface area (Å²) >= 11 is 5.73. The van der Waals surface area contributed by atoms with Crippen molar-refractivity contribution in [2.75, 3.05) is 31.7 Å². The van der Waals surface area contributed by atoms with Gasteiger partial charge in [0.15, 0.2) is 0 Å². The molecule has 1 fully saturated rings. The Balaban J connectivity index is 1.50. The van der Waals surface area contributed by atoms with Crippen LogP contribution in [0.5, 0.6) is 0 Å². The fraction of sp³-hybridized carbons (Fsp3) is 0.667. The molecule has 100 valence electrons. The van der Waals surface area contributed by atoms with Crippen molar-refractivity contribution in [2.24, 2.45) is 0 Å². The summed E-state index contributed by atoms with van der Waals surface area (Å²) in [7, 11) is 0. The van der Waals surface area contributed by atoms with Gasteiger partial charge in [0.05, 0.1) is 25.1 Å². The summed E-state index contributed by atoms with van der Waals surface area (Å²) in [5.74, 6) is 0.696. The van der Waals surface area contributed by atoms with Crippen LogP contribution in [0.4, 0.5) is 5.82 Å². The fourth-order valence-electron chi connectivity index (χ4n) is 1.81. The first kappa shape index (κ1) is 13.5. The molecule has 6 heteroatoms. The molecule has 0 saturated carbocycles. The molecular formula is C12H18ClN3O2. The quantitative estimate of drug-likeness (QED) is 0.770. The lowest BCUT2D eigenvalue weighted by Crippen LogP contribution is -2.15. The third-order valence-corrected chi connectivity index (χ3v) is 2.89. The van der Waals surface area contributed by atoms with Crippen LogP contribution in [0.25, 0.3) is 0 Å². The number of anilines is 1. The summed E-state index contributed by atoms with van der Waals surface area (Å²) in [5, 5.41) is 3.54. The van der Waals surface area contributed by atoms with Crippen molar-refractivity contribution < 1.29 is 9.47 Å². The predicted octanol–water partition coefficient (Wildman–Crippen LogP) is 2.13. The summed E-state index contributed by atoms with van der Waals surface area (Å²) in [6.45, 7) is 3.10. The molecule has 1 atom stereocenters. The van der Waals surface area contributed by atoms with Crippen molar-refractivity contribution in [3.63, 3.8) is 0 Å². The molecule has 0 amide bonds. The first-order valence-electron chi connectivity index (χ1n) is 6.25. The van der Waals surface area contributed by atoms with Crippen molar-refractivity contribution in [3.8, 4) is 0 Å². The molecule has 1 saturated heterocycles. The standard InChI is InChI=1S/C12H18ClN3O2/c13-11-7-14-8-12(16-11)15-4-2-5-17-9-10-3-1-6-18-10/h7-8,10H,1-6,9H2,(H,15,16)/t10-/m0/s1. The molecule has 1 aliphatic heterocycles. The van der Waals surface area contributed by atoms with Crippen LogP contribution in [0, 0.1) is 0 Å². The third-order valence-electron chi connectivity index (χ3n) is 2.70. The number of nitrogens with zero attached hydrogens (tertiary/aromatic N) is 2. The van der Waals surface area contributed by atoms with E-state index in [-0.39, 0.29) is 0 Å². The average Bonchev–Trinajstić information content (AvgIpc) is 2.87. The van der Waals surface area contributed by atoms with E-state index in [0.29, 0.717) is 23.7 Å². The SMILES string of the molecule is Clc1cncc(NCCCOC[C@@H]2CCCO2)n1. The monoisotopic (exact) mass is 271 g/mol. The summed E-state index contributed by atoms with van der Waals surface area (Å²) < 4.78 is 11.0. The predicted molar refractivity (Wildman–Crippen MR) is 69.9 cm³/mol. The topological polar surface area (TPSA) is 56.3 Å². The molecule has 5 nitrogen and oxygen atoms in total. The van der Waals surface area contributed by atoms with Crippen LogP contribution in [0.1, 0.15) is 19.3 Å². The van der Waals surface area contributed by atoms with E-state index in [1.807, 2.05) is 0 Å². The van der Waals surface area contributed by atoms with Crippen LogP contribution in [0.3, 0.4) is 0 Å². The van der Waals surface area contributed by atoms with Gasteiger partial charge in [0.25, 0.3) is 0 Å². The van der Waals surface area contributed by atoms with Crippen LogP contribution >= 0.6 is 11.6 Å². The lowest BCUT2D eigenvalue weighted by atomic mass is 10.2. The van der Waals surface area contributed by atoms with Gasteiger partial charge in [-0.25, -0.2) is 4.98 Å². The van der Waals surface area contributed by atoms with Crippen LogP contribution in [0.2, 0.25) is 5.15 Å². The molecule has 2 rings (SSSR count). The van der Waals surface area contributed by atoms with Gasteiger partial charge in [0, 0.05) is 19.8 Å². The van der Waals surface area contributed by atoms with Crippen LogP contribution in [-0.2, 0) is 9.47 Å². The largest absolute Gasteiger partial charge is 0.379 e. The summed E-state index contributed by atoms with van der Waals surface area (Å²) in [4.78, 5) is 8.03. The Kier molecular flexibility index (Phi) is 5.64. The van der Waals surface area contributed by atoms with Crippen LogP contribution in [-0.4, -0.2) is 42.4 Å². The summed E-state index contributed by atoms with van der Waals surface area (Å²) in [6, 6.07) is 0. The normalized spacial score (nSPS) is 19.1. The molecule has 0 radical (unpaired) electrons. The Morgan fingerprint density at radius 2 is 2.44 bits per heavy atom. The average molecular weight is 272 g/mol. The van der Waals surface area contributed by atoms with Gasteiger partial charge in [-0.3, -0.25) is 4.98 Å². The molecule has 1 aromatic heterocycles. The van der Waals surface area contributed by atoms with E-state index in [0.717, 1.165) is 39.0 Å². The number of rotatable bonds is 7. The number of ether oxygens (including phenoxy) is 2. The maximum Gasteiger partial charge on any atom is 0.149 e. The molecular weight excluding hydrogens is 254 g/mol. The second-order valence-corrected chi connectivity index (χ2v) is 4.60. The van der Waals surface area contributed by atoms with Crippen molar-refractivity contribution in [2.45, 2.75) is 25.4 Å². The summed E-state index contributed by atoms with van der Waals surface area (Å²) in [5.41, 5.74) is 0. The Hall–Kier alpha value is -0.910. The highest BCUT2D eigenvalue weighted by Gasteiger charge is 2.14. The molecule has 2 heterocycles. The Bertz CT molecular complexity index is 359. The highest BCUT2D eigenvalue weighted by atomic mass is 35.5. The Morgan fingerprint density at radius 3 is 3.22 bits per heavy atom. The van der Waals surface area contributed by atoms with Gasteiger partial charge in [-0.15, -0.1) is 0 Å². The van der Waals surface area contributed by atoms with Gasteiger partial charge in [0.1, 0.15) is 11.0 Å². The smallest absolute Gasteiger partial charge is 0.149 e. The number of hydrogen-bond acceptors (Lipinski definition) is 5. The zero-order valence-electron chi connectivity index (χ0n) is 10.3. The van der Waals surface area contributed by atoms with E-state index in [4.69, 9.17) is 21.1 Å². The van der Waals surface area contributed by atoms with E-state index in [1.165, 1.54) is 6.20 Å². The van der Waals surface area contributed by atoms with Gasteiger partial charge in [-0.05, 0) is 19.3 Å². The van der Waals surface area contributed by atoms with Gasteiger partial charge >= 0.3 is 0 Å². The van der Waals surface area contributed by atoms with E-state index in [1.54, 1.807) is 6.20 Å². The number of hydrogen-bond donors (Lipinski definition) is 1. The van der Waals surface area contributed by atoms with E-state index in [2.05, 4.69) is 15.3 Å². The first-order valence-corrected chi connectivity index (χ1v) is 6.63. The van der Waals surface area contributed by atoms with Gasteiger partial charge < -0.3 is 14.8 Å². The molecule has 1 aromatic rings. The third kappa shape index (κ3) is 4.76. The highest BCUT2D eigenvalue weighted by Crippen LogP contribution is 2.12. The molecule has 0 unspecified atom stereocenters. The molecule has 0 bridgehead atoms. The number of nitrogens with one attached hydrogen (secondary N) is 1. The molecule has 0 aromatic carbocycles. The molecule has 1 N–H and O–H groups in total. The Labute approximate surface area is 112 Å². The molecule has 18 heavy (non-hydrogen) atoms. The lowest BCUT2D eigenvalue weighted by molar-refractivity contribution is 0.0172. The minimum atomic E-state index is 0.303. The maximum absolute atomic E-state index is 5.73. The second kappa shape index (κ2) is 7.51. The second-order valence-electron chi connectivity index (χ2n) is 4.22. The van der Waals surface area contributed by atoms with Gasteiger partial charge in [0.2, 0.25) is 0 Å². The van der Waals surface area contributed by atoms with Crippen LogP contribution < -0.4 is 5.32 Å². The maximum atomic E-state index is 5.73. The zero-order valence-corrected chi connectivity index (χ0v) is 11.0. The molecule has 1 aliphatic rings. The van der Waals surface area contributed by atoms with Crippen molar-refractivity contribution in [1.29, 1.82) is 0 Å². The first-order chi connectivity index (χ1) is 8.84. The van der Waals surface area contributed by atoms with Gasteiger partial charge in [-0.1, -0.05) is 11.6 Å². The number of halogens is 1. The molecule has 0 aliphatic carbocycles. The van der Waals surface area contributed by atoms with E-state index >= 15 is 0 Å². The lowest BCUT2D eigenvalue weighted by Gasteiger charge is -2.10. The fourth-order valence-corrected chi connectivity index (χ4v) is 1.96. The van der Waals surface area contributed by atoms with E-state index in [9.17, 15) is 0 Å². The van der Waals surface area contributed by atoms with Crippen molar-refractivity contribution in [3.05, 3.63) is 17.5 Å².